The summed E-state index contributed by atoms with van der Waals surface area (Å²) in [6.45, 7) is 2.76. The topological polar surface area (TPSA) is 70.9 Å². The van der Waals surface area contributed by atoms with Gasteiger partial charge in [0.25, 0.3) is 0 Å². The molecule has 0 saturated carbocycles. The number of oxime groups is 1. The molecule has 0 radical (unpaired) electrons. The minimum absolute atomic E-state index is 0.0532. The maximum Gasteiger partial charge on any atom is 0.317 e. The first-order valence-electron chi connectivity index (χ1n) is 9.44. The summed E-state index contributed by atoms with van der Waals surface area (Å²) < 4.78 is 0. The van der Waals surface area contributed by atoms with Crippen molar-refractivity contribution >= 4 is 11.7 Å². The quantitative estimate of drug-likeness (QED) is 0.419. The van der Waals surface area contributed by atoms with Crippen molar-refractivity contribution in [2.75, 3.05) is 6.54 Å². The fraction of sp³-hybridized carbons (Fsp3) is 0.167. The van der Waals surface area contributed by atoms with Gasteiger partial charge in [0.05, 0.1) is 12.3 Å². The van der Waals surface area contributed by atoms with E-state index in [-0.39, 0.29) is 6.54 Å². The summed E-state index contributed by atoms with van der Waals surface area (Å²) in [5.74, 6) is -0.864. The van der Waals surface area contributed by atoms with E-state index in [2.05, 4.69) is 34.7 Å². The van der Waals surface area contributed by atoms with Crippen molar-refractivity contribution in [1.29, 1.82) is 0 Å². The van der Waals surface area contributed by atoms with Crippen molar-refractivity contribution in [3.8, 4) is 11.1 Å². The van der Waals surface area contributed by atoms with Gasteiger partial charge in [0.1, 0.15) is 6.61 Å². The van der Waals surface area contributed by atoms with Crippen LogP contribution in [0.15, 0.2) is 84.0 Å². The van der Waals surface area contributed by atoms with Gasteiger partial charge in [-0.2, -0.15) is 0 Å². The minimum Gasteiger partial charge on any atom is -0.480 e. The Hall–Kier alpha value is -3.44. The third kappa shape index (κ3) is 6.30. The molecule has 0 aliphatic heterocycles. The van der Waals surface area contributed by atoms with Crippen LogP contribution in [0.3, 0.4) is 0 Å². The molecule has 0 fully saturated rings. The van der Waals surface area contributed by atoms with Crippen LogP contribution in [0.4, 0.5) is 0 Å². The normalized spacial score (nSPS) is 11.3. The summed E-state index contributed by atoms with van der Waals surface area (Å²) in [6, 6.07) is 26.3. The summed E-state index contributed by atoms with van der Waals surface area (Å²) in [4.78, 5) is 16.0. The summed E-state index contributed by atoms with van der Waals surface area (Å²) in [6.07, 6.45) is 0. The van der Waals surface area contributed by atoms with Crippen molar-refractivity contribution in [3.63, 3.8) is 0 Å². The zero-order chi connectivity index (χ0) is 20.5. The molecule has 3 rings (SSSR count). The molecular formula is C24H24N2O3. The van der Waals surface area contributed by atoms with Gasteiger partial charge in [-0.1, -0.05) is 84.0 Å². The highest BCUT2D eigenvalue weighted by atomic mass is 16.6. The molecule has 0 aliphatic rings. The van der Waals surface area contributed by atoms with E-state index in [0.29, 0.717) is 13.2 Å². The second-order valence-corrected chi connectivity index (χ2v) is 6.71. The summed E-state index contributed by atoms with van der Waals surface area (Å²) >= 11 is 0. The van der Waals surface area contributed by atoms with Gasteiger partial charge in [-0.3, -0.25) is 4.79 Å². The zero-order valence-electron chi connectivity index (χ0n) is 16.3. The van der Waals surface area contributed by atoms with Gasteiger partial charge in [0.2, 0.25) is 0 Å². The van der Waals surface area contributed by atoms with Crippen molar-refractivity contribution in [3.05, 3.63) is 95.6 Å². The Morgan fingerprint density at radius 2 is 1.52 bits per heavy atom. The summed E-state index contributed by atoms with van der Waals surface area (Å²) in [5, 5.41) is 15.7. The number of rotatable bonds is 9. The molecule has 5 heteroatoms. The Labute approximate surface area is 170 Å². The van der Waals surface area contributed by atoms with Crippen LogP contribution in [0.1, 0.15) is 23.6 Å². The lowest BCUT2D eigenvalue weighted by Crippen LogP contribution is -2.21. The van der Waals surface area contributed by atoms with Crippen LogP contribution >= 0.6 is 0 Å². The Morgan fingerprint density at radius 3 is 2.17 bits per heavy atom. The van der Waals surface area contributed by atoms with Crippen molar-refractivity contribution in [2.45, 2.75) is 20.1 Å². The van der Waals surface area contributed by atoms with Crippen LogP contribution in [0, 0.1) is 0 Å². The number of benzene rings is 3. The highest BCUT2D eigenvalue weighted by Gasteiger charge is 2.02. The Bertz CT molecular complexity index is 950. The first kappa shape index (κ1) is 20.3. The van der Waals surface area contributed by atoms with Gasteiger partial charge >= 0.3 is 5.97 Å². The number of nitrogens with one attached hydrogen (secondary N) is 1. The molecule has 0 aliphatic carbocycles. The molecule has 0 atom stereocenters. The molecule has 2 N–H and O–H groups in total. The molecule has 0 spiro atoms. The fourth-order valence-electron chi connectivity index (χ4n) is 2.86. The van der Waals surface area contributed by atoms with Crippen LogP contribution in [-0.2, 0) is 22.8 Å². The smallest absolute Gasteiger partial charge is 0.317 e. The molecule has 0 amide bonds. The largest absolute Gasteiger partial charge is 0.480 e. The zero-order valence-corrected chi connectivity index (χ0v) is 16.3. The van der Waals surface area contributed by atoms with Gasteiger partial charge in [-0.25, -0.2) is 0 Å². The highest BCUT2D eigenvalue weighted by Crippen LogP contribution is 2.19. The molecular weight excluding hydrogens is 364 g/mol. The first-order valence-corrected chi connectivity index (χ1v) is 9.44. The van der Waals surface area contributed by atoms with E-state index in [1.165, 1.54) is 11.1 Å². The Balaban J connectivity index is 1.51. The Morgan fingerprint density at radius 1 is 0.897 bits per heavy atom. The fourth-order valence-corrected chi connectivity index (χ4v) is 2.86. The lowest BCUT2D eigenvalue weighted by atomic mass is 10.0. The maximum atomic E-state index is 10.5. The number of hydrogen-bond acceptors (Lipinski definition) is 4. The monoisotopic (exact) mass is 388 g/mol. The van der Waals surface area contributed by atoms with Gasteiger partial charge in [-0.05, 0) is 34.7 Å². The number of nitrogens with zero attached hydrogens (tertiary/aromatic N) is 1. The second kappa shape index (κ2) is 10.2. The molecule has 5 nitrogen and oxygen atoms in total. The predicted octanol–water partition coefficient (Wildman–Crippen LogP) is 4.47. The van der Waals surface area contributed by atoms with Crippen LogP contribution < -0.4 is 5.32 Å². The number of carboxylic acid groups (broad SMARTS) is 1. The summed E-state index contributed by atoms with van der Waals surface area (Å²) in [5.41, 5.74) is 6.19. The molecule has 0 heterocycles. The number of hydrogen-bond donors (Lipinski definition) is 2. The number of carbonyl (C=O) groups is 1. The van der Waals surface area contributed by atoms with E-state index in [1.54, 1.807) is 0 Å². The van der Waals surface area contributed by atoms with E-state index in [9.17, 15) is 4.79 Å². The average molecular weight is 388 g/mol. The predicted molar refractivity (Wildman–Crippen MR) is 115 cm³/mol. The number of aliphatic carboxylic acids is 1. The van der Waals surface area contributed by atoms with Crippen molar-refractivity contribution in [1.82, 2.24) is 5.32 Å². The molecule has 3 aromatic carbocycles. The van der Waals surface area contributed by atoms with E-state index in [0.717, 1.165) is 22.4 Å². The van der Waals surface area contributed by atoms with Gasteiger partial charge < -0.3 is 15.3 Å². The third-order valence-electron chi connectivity index (χ3n) is 4.47. The summed E-state index contributed by atoms with van der Waals surface area (Å²) in [7, 11) is 0. The molecule has 0 aromatic heterocycles. The van der Waals surface area contributed by atoms with Crippen LogP contribution in [0.25, 0.3) is 11.1 Å². The molecule has 0 bridgehead atoms. The molecule has 0 unspecified atom stereocenters. The van der Waals surface area contributed by atoms with Crippen molar-refractivity contribution in [2.24, 2.45) is 5.16 Å². The maximum absolute atomic E-state index is 10.5. The van der Waals surface area contributed by atoms with Crippen LogP contribution in [-0.4, -0.2) is 23.3 Å². The second-order valence-electron chi connectivity index (χ2n) is 6.71. The van der Waals surface area contributed by atoms with Crippen LogP contribution in [0.5, 0.6) is 0 Å². The van der Waals surface area contributed by atoms with E-state index in [1.807, 2.05) is 61.5 Å². The van der Waals surface area contributed by atoms with Gasteiger partial charge in [-0.15, -0.1) is 0 Å². The van der Waals surface area contributed by atoms with Gasteiger partial charge in [0, 0.05) is 6.54 Å². The standard InChI is InChI=1S/C24H24N2O3/c1-18(21-11-7-19(8-12-21)15-25-16-24(27)28)26-29-17-20-9-13-23(14-10-20)22-5-3-2-4-6-22/h2-14,25H,15-17H2,1H3,(H,27,28)/b26-18+. The van der Waals surface area contributed by atoms with E-state index in [4.69, 9.17) is 9.94 Å². The Kier molecular flexibility index (Phi) is 7.14. The SMILES string of the molecule is C/C(=N\OCc1ccc(-c2ccccc2)cc1)c1ccc(CNCC(=O)O)cc1. The molecule has 0 saturated heterocycles. The first-order chi connectivity index (χ1) is 14.1. The lowest BCUT2D eigenvalue weighted by Gasteiger charge is -2.06. The van der Waals surface area contributed by atoms with Crippen LogP contribution in [0.2, 0.25) is 0 Å². The minimum atomic E-state index is -0.864. The van der Waals surface area contributed by atoms with Crippen molar-refractivity contribution < 1.29 is 14.7 Å². The van der Waals surface area contributed by atoms with E-state index < -0.39 is 5.97 Å². The lowest BCUT2D eigenvalue weighted by molar-refractivity contribution is -0.135. The van der Waals surface area contributed by atoms with E-state index >= 15 is 0 Å². The van der Waals surface area contributed by atoms with Gasteiger partial charge in [0.15, 0.2) is 0 Å². The third-order valence-corrected chi connectivity index (χ3v) is 4.47. The molecule has 29 heavy (non-hydrogen) atoms. The highest BCUT2D eigenvalue weighted by molar-refractivity contribution is 5.98. The molecule has 148 valence electrons. The molecule has 3 aromatic rings. The number of carboxylic acids is 1. The average Bonchev–Trinajstić information content (AvgIpc) is 2.75.